The molecule has 2 heteroatoms. The minimum absolute atomic E-state index is 0.189. The summed E-state index contributed by atoms with van der Waals surface area (Å²) in [6.45, 7) is 9.11. The average Bonchev–Trinajstić information content (AvgIpc) is 2.37. The van der Waals surface area contributed by atoms with Gasteiger partial charge in [0.15, 0.2) is 6.29 Å². The molecule has 0 aliphatic heterocycles. The number of ether oxygens (including phenoxy) is 2. The highest BCUT2D eigenvalue weighted by molar-refractivity contribution is 5.21. The van der Waals surface area contributed by atoms with Crippen molar-refractivity contribution in [3.05, 3.63) is 48.6 Å². The van der Waals surface area contributed by atoms with Crippen LogP contribution >= 0.6 is 0 Å². The number of hydrogen-bond donors (Lipinski definition) is 0. The summed E-state index contributed by atoms with van der Waals surface area (Å²) in [7, 11) is 0. The van der Waals surface area contributed by atoms with Gasteiger partial charge in [0.05, 0.1) is 0 Å². The van der Waals surface area contributed by atoms with Crippen molar-refractivity contribution in [3.8, 4) is 0 Å². The molecule has 1 atom stereocenters. The Bertz CT molecular complexity index is 302. The van der Waals surface area contributed by atoms with Crippen LogP contribution < -0.4 is 0 Å². The highest BCUT2D eigenvalue weighted by Gasteiger charge is 2.22. The molecule has 1 aromatic carbocycles. The smallest absolute Gasteiger partial charge is 0.164 e. The normalized spacial score (nSPS) is 12.6. The lowest BCUT2D eigenvalue weighted by molar-refractivity contribution is -0.149. The topological polar surface area (TPSA) is 18.5 Å². The molecule has 0 heterocycles. The third-order valence-corrected chi connectivity index (χ3v) is 2.64. The van der Waals surface area contributed by atoms with Gasteiger partial charge in [0.1, 0.15) is 0 Å². The first-order chi connectivity index (χ1) is 8.33. The van der Waals surface area contributed by atoms with Gasteiger partial charge in [0, 0.05) is 19.1 Å². The van der Waals surface area contributed by atoms with E-state index in [2.05, 4.69) is 18.7 Å². The van der Waals surface area contributed by atoms with E-state index in [-0.39, 0.29) is 12.2 Å². The van der Waals surface area contributed by atoms with Gasteiger partial charge in [-0.15, -0.1) is 6.58 Å². The Morgan fingerprint density at radius 2 is 1.71 bits per heavy atom. The molecule has 0 aromatic heterocycles. The lowest BCUT2D eigenvalue weighted by Crippen LogP contribution is -2.25. The second kappa shape index (κ2) is 8.04. The molecular formula is C15H22O2. The Balaban J connectivity index is 2.85. The zero-order valence-electron chi connectivity index (χ0n) is 10.8. The van der Waals surface area contributed by atoms with Crippen LogP contribution in [0, 0.1) is 0 Å². The van der Waals surface area contributed by atoms with Gasteiger partial charge in [-0.2, -0.15) is 0 Å². The second-order valence-corrected chi connectivity index (χ2v) is 3.82. The van der Waals surface area contributed by atoms with Crippen molar-refractivity contribution in [1.82, 2.24) is 0 Å². The highest BCUT2D eigenvalue weighted by atomic mass is 16.7. The molecule has 94 valence electrons. The van der Waals surface area contributed by atoms with Crippen LogP contribution in [0.2, 0.25) is 0 Å². The fourth-order valence-electron chi connectivity index (χ4n) is 1.89. The van der Waals surface area contributed by atoms with E-state index < -0.39 is 0 Å². The number of rotatable bonds is 8. The van der Waals surface area contributed by atoms with E-state index in [0.29, 0.717) is 13.2 Å². The van der Waals surface area contributed by atoms with Crippen molar-refractivity contribution in [2.24, 2.45) is 0 Å². The van der Waals surface area contributed by atoms with Gasteiger partial charge in [-0.05, 0) is 25.8 Å². The molecule has 0 saturated heterocycles. The van der Waals surface area contributed by atoms with Gasteiger partial charge in [0.2, 0.25) is 0 Å². The number of allylic oxidation sites excluding steroid dienone is 1. The van der Waals surface area contributed by atoms with Crippen molar-refractivity contribution in [3.63, 3.8) is 0 Å². The van der Waals surface area contributed by atoms with Crippen molar-refractivity contribution in [2.75, 3.05) is 13.2 Å². The Kier molecular flexibility index (Phi) is 6.60. The number of benzene rings is 1. The maximum atomic E-state index is 5.68. The maximum absolute atomic E-state index is 5.68. The van der Waals surface area contributed by atoms with Gasteiger partial charge in [-0.25, -0.2) is 0 Å². The minimum atomic E-state index is -0.189. The Morgan fingerprint density at radius 3 is 2.18 bits per heavy atom. The maximum Gasteiger partial charge on any atom is 0.164 e. The predicted octanol–water partition coefficient (Wildman–Crippen LogP) is 3.75. The summed E-state index contributed by atoms with van der Waals surface area (Å²) in [4.78, 5) is 0. The Labute approximate surface area is 104 Å². The first kappa shape index (κ1) is 13.9. The number of hydrogen-bond acceptors (Lipinski definition) is 2. The quantitative estimate of drug-likeness (QED) is 0.504. The summed E-state index contributed by atoms with van der Waals surface area (Å²) in [5, 5.41) is 0. The summed E-state index contributed by atoms with van der Waals surface area (Å²) in [5.74, 6) is 0.216. The summed E-state index contributed by atoms with van der Waals surface area (Å²) in [6, 6.07) is 10.3. The van der Waals surface area contributed by atoms with Gasteiger partial charge < -0.3 is 9.47 Å². The standard InChI is InChI=1S/C15H22O2/c1-4-10-14(13-11-8-7-9-12-13)15(16-5-2)17-6-3/h4,7-9,11-12,14-15H,1,5-6,10H2,2-3H3. The van der Waals surface area contributed by atoms with Crippen molar-refractivity contribution < 1.29 is 9.47 Å². The first-order valence-electron chi connectivity index (χ1n) is 6.22. The van der Waals surface area contributed by atoms with Gasteiger partial charge in [-0.3, -0.25) is 0 Å². The van der Waals surface area contributed by atoms with Crippen LogP contribution in [0.25, 0.3) is 0 Å². The van der Waals surface area contributed by atoms with Crippen LogP contribution in [-0.2, 0) is 9.47 Å². The third-order valence-electron chi connectivity index (χ3n) is 2.64. The van der Waals surface area contributed by atoms with Crippen LogP contribution in [0.3, 0.4) is 0 Å². The predicted molar refractivity (Wildman–Crippen MR) is 71.0 cm³/mol. The minimum Gasteiger partial charge on any atom is -0.352 e. The van der Waals surface area contributed by atoms with E-state index in [1.165, 1.54) is 5.56 Å². The van der Waals surface area contributed by atoms with E-state index in [0.717, 1.165) is 6.42 Å². The molecule has 0 N–H and O–H groups in total. The summed E-state index contributed by atoms with van der Waals surface area (Å²) in [6.07, 6.45) is 2.59. The second-order valence-electron chi connectivity index (χ2n) is 3.82. The van der Waals surface area contributed by atoms with Crippen molar-refractivity contribution in [2.45, 2.75) is 32.5 Å². The molecule has 2 nitrogen and oxygen atoms in total. The van der Waals surface area contributed by atoms with E-state index in [1.807, 2.05) is 38.1 Å². The SMILES string of the molecule is C=CCC(c1ccccc1)C(OCC)OCC. The van der Waals surface area contributed by atoms with Gasteiger partial charge in [0.25, 0.3) is 0 Å². The molecule has 0 spiro atoms. The lowest BCUT2D eigenvalue weighted by atomic mass is 9.95. The molecule has 0 fully saturated rings. The van der Waals surface area contributed by atoms with Gasteiger partial charge >= 0.3 is 0 Å². The van der Waals surface area contributed by atoms with Crippen LogP contribution in [0.5, 0.6) is 0 Å². The van der Waals surface area contributed by atoms with E-state index in [1.54, 1.807) is 0 Å². The molecule has 1 aromatic rings. The van der Waals surface area contributed by atoms with E-state index in [9.17, 15) is 0 Å². The molecule has 0 amide bonds. The fourth-order valence-corrected chi connectivity index (χ4v) is 1.89. The molecule has 17 heavy (non-hydrogen) atoms. The molecule has 1 rings (SSSR count). The van der Waals surface area contributed by atoms with Crippen LogP contribution in [0.4, 0.5) is 0 Å². The van der Waals surface area contributed by atoms with Gasteiger partial charge in [-0.1, -0.05) is 36.4 Å². The summed E-state index contributed by atoms with van der Waals surface area (Å²) in [5.41, 5.74) is 1.24. The van der Waals surface area contributed by atoms with Crippen molar-refractivity contribution in [1.29, 1.82) is 0 Å². The molecule has 1 unspecified atom stereocenters. The molecule has 0 radical (unpaired) electrons. The van der Waals surface area contributed by atoms with E-state index >= 15 is 0 Å². The monoisotopic (exact) mass is 234 g/mol. The molecule has 0 aliphatic rings. The average molecular weight is 234 g/mol. The largest absolute Gasteiger partial charge is 0.352 e. The third kappa shape index (κ3) is 4.33. The lowest BCUT2D eigenvalue weighted by Gasteiger charge is -2.26. The van der Waals surface area contributed by atoms with Crippen LogP contribution in [-0.4, -0.2) is 19.5 Å². The molecular weight excluding hydrogens is 212 g/mol. The first-order valence-corrected chi connectivity index (χ1v) is 6.22. The zero-order chi connectivity index (χ0) is 12.5. The zero-order valence-corrected chi connectivity index (χ0v) is 10.8. The van der Waals surface area contributed by atoms with Crippen molar-refractivity contribution >= 4 is 0 Å². The Morgan fingerprint density at radius 1 is 1.12 bits per heavy atom. The Hall–Kier alpha value is -1.12. The molecule has 0 bridgehead atoms. The van der Waals surface area contributed by atoms with E-state index in [4.69, 9.17) is 9.47 Å². The molecule has 0 saturated carbocycles. The summed E-state index contributed by atoms with van der Waals surface area (Å²) < 4.78 is 11.4. The van der Waals surface area contributed by atoms with Crippen LogP contribution in [0.15, 0.2) is 43.0 Å². The fraction of sp³-hybridized carbons (Fsp3) is 0.467. The molecule has 0 aliphatic carbocycles. The summed E-state index contributed by atoms with van der Waals surface area (Å²) >= 11 is 0. The van der Waals surface area contributed by atoms with Crippen LogP contribution in [0.1, 0.15) is 31.7 Å². The highest BCUT2D eigenvalue weighted by Crippen LogP contribution is 2.26.